The number of hydrogen-bond acceptors (Lipinski definition) is 4. The first kappa shape index (κ1) is 15.0. The number of thioether (sulfide) groups is 1. The molecule has 24 heavy (non-hydrogen) atoms. The average Bonchev–Trinajstić information content (AvgIpc) is 2.96. The number of para-hydroxylation sites is 1. The number of H-pyrrole nitrogens is 2. The van der Waals surface area contributed by atoms with Crippen LogP contribution in [0.4, 0.5) is 0 Å². The van der Waals surface area contributed by atoms with E-state index in [0.717, 1.165) is 16.2 Å². The Morgan fingerprint density at radius 2 is 1.88 bits per heavy atom. The van der Waals surface area contributed by atoms with Crippen LogP contribution in [0.1, 0.15) is 23.6 Å². The summed E-state index contributed by atoms with van der Waals surface area (Å²) in [5.41, 5.74) is 3.75. The minimum absolute atomic E-state index is 0.0241. The monoisotopic (exact) mass is 336 g/mol. The van der Waals surface area contributed by atoms with E-state index in [1.165, 1.54) is 5.56 Å². The van der Waals surface area contributed by atoms with E-state index in [0.29, 0.717) is 16.7 Å². The van der Waals surface area contributed by atoms with Crippen molar-refractivity contribution in [2.45, 2.75) is 24.3 Å². The standard InChI is InChI=1S/C18H16N4OS/c1-10-7-8-14-15(9-10)21-18(20-14)24-11(2)16-19-13-6-4-3-5-12(13)17(23)22-16/h3-9,11H,1-2H3,(H,20,21)(H,19,22,23). The first-order chi connectivity index (χ1) is 11.6. The molecule has 6 heteroatoms. The Balaban J connectivity index is 1.67. The van der Waals surface area contributed by atoms with Crippen molar-refractivity contribution in [2.75, 3.05) is 0 Å². The molecule has 0 saturated carbocycles. The quantitative estimate of drug-likeness (QED) is 0.555. The minimum Gasteiger partial charge on any atom is -0.333 e. The normalized spacial score (nSPS) is 12.8. The van der Waals surface area contributed by atoms with Crippen LogP contribution >= 0.6 is 11.8 Å². The third-order valence-electron chi connectivity index (χ3n) is 3.92. The molecule has 120 valence electrons. The highest BCUT2D eigenvalue weighted by Crippen LogP contribution is 2.32. The topological polar surface area (TPSA) is 74.4 Å². The highest BCUT2D eigenvalue weighted by molar-refractivity contribution is 7.99. The highest BCUT2D eigenvalue weighted by atomic mass is 32.2. The summed E-state index contributed by atoms with van der Waals surface area (Å²) >= 11 is 1.55. The van der Waals surface area contributed by atoms with E-state index in [4.69, 9.17) is 0 Å². The van der Waals surface area contributed by atoms with Gasteiger partial charge in [0.15, 0.2) is 5.16 Å². The smallest absolute Gasteiger partial charge is 0.258 e. The Kier molecular flexibility index (Phi) is 3.61. The van der Waals surface area contributed by atoms with Crippen molar-refractivity contribution in [2.24, 2.45) is 0 Å². The predicted molar refractivity (Wildman–Crippen MR) is 97.5 cm³/mol. The summed E-state index contributed by atoms with van der Waals surface area (Å²) in [7, 11) is 0. The van der Waals surface area contributed by atoms with Crippen molar-refractivity contribution < 1.29 is 0 Å². The van der Waals surface area contributed by atoms with Crippen LogP contribution in [0.25, 0.3) is 21.9 Å². The summed E-state index contributed by atoms with van der Waals surface area (Å²) in [6, 6.07) is 13.5. The van der Waals surface area contributed by atoms with Crippen molar-refractivity contribution >= 4 is 33.7 Å². The van der Waals surface area contributed by atoms with Crippen molar-refractivity contribution in [1.82, 2.24) is 19.9 Å². The van der Waals surface area contributed by atoms with E-state index in [9.17, 15) is 4.79 Å². The van der Waals surface area contributed by atoms with Gasteiger partial charge in [0.25, 0.3) is 5.56 Å². The van der Waals surface area contributed by atoms with E-state index in [-0.39, 0.29) is 10.8 Å². The molecule has 2 N–H and O–H groups in total. The lowest BCUT2D eigenvalue weighted by Crippen LogP contribution is -2.12. The van der Waals surface area contributed by atoms with E-state index in [1.54, 1.807) is 17.8 Å². The van der Waals surface area contributed by atoms with Gasteiger partial charge >= 0.3 is 0 Å². The molecule has 4 rings (SSSR count). The molecular formula is C18H16N4OS. The lowest BCUT2D eigenvalue weighted by atomic mass is 10.2. The molecule has 0 saturated heterocycles. The fourth-order valence-corrected chi connectivity index (χ4v) is 3.55. The van der Waals surface area contributed by atoms with Crippen LogP contribution in [0.3, 0.4) is 0 Å². The Hall–Kier alpha value is -2.60. The van der Waals surface area contributed by atoms with Crippen LogP contribution in [0.15, 0.2) is 52.4 Å². The average molecular weight is 336 g/mol. The Labute approximate surface area is 142 Å². The van der Waals surface area contributed by atoms with E-state index < -0.39 is 0 Å². The number of hydrogen-bond donors (Lipinski definition) is 2. The zero-order valence-corrected chi connectivity index (χ0v) is 14.1. The first-order valence-corrected chi connectivity index (χ1v) is 8.60. The summed E-state index contributed by atoms with van der Waals surface area (Å²) < 4.78 is 0. The van der Waals surface area contributed by atoms with Gasteiger partial charge < -0.3 is 9.97 Å². The van der Waals surface area contributed by atoms with Gasteiger partial charge in [0.1, 0.15) is 5.82 Å². The number of aryl methyl sites for hydroxylation is 1. The molecule has 1 unspecified atom stereocenters. The molecule has 4 aromatic rings. The van der Waals surface area contributed by atoms with E-state index >= 15 is 0 Å². The van der Waals surface area contributed by atoms with Crippen molar-refractivity contribution in [3.05, 3.63) is 64.2 Å². The minimum atomic E-state index is -0.108. The van der Waals surface area contributed by atoms with Gasteiger partial charge in [-0.05, 0) is 43.7 Å². The number of fused-ring (bicyclic) bond motifs is 2. The molecule has 0 fully saturated rings. The Morgan fingerprint density at radius 1 is 1.04 bits per heavy atom. The van der Waals surface area contributed by atoms with E-state index in [2.05, 4.69) is 32.9 Å². The summed E-state index contributed by atoms with van der Waals surface area (Å²) in [6.45, 7) is 4.07. The fraction of sp³-hybridized carbons (Fsp3) is 0.167. The molecule has 0 aliphatic carbocycles. The zero-order chi connectivity index (χ0) is 16.7. The SMILES string of the molecule is Cc1ccc2nc(SC(C)c3nc4ccccc4c(=O)[nH]3)[nH]c2c1. The van der Waals surface area contributed by atoms with Gasteiger partial charge in [-0.1, -0.05) is 30.0 Å². The molecule has 0 aliphatic rings. The zero-order valence-electron chi connectivity index (χ0n) is 13.3. The molecule has 1 atom stereocenters. The van der Waals surface area contributed by atoms with Crippen LogP contribution in [0.5, 0.6) is 0 Å². The molecule has 0 bridgehead atoms. The van der Waals surface area contributed by atoms with Crippen molar-refractivity contribution in [3.63, 3.8) is 0 Å². The second kappa shape index (κ2) is 5.79. The largest absolute Gasteiger partial charge is 0.333 e. The third kappa shape index (κ3) is 2.69. The van der Waals surface area contributed by atoms with Crippen LogP contribution in [0, 0.1) is 6.92 Å². The van der Waals surface area contributed by atoms with Gasteiger partial charge in [0, 0.05) is 0 Å². The molecule has 2 aromatic heterocycles. The van der Waals surface area contributed by atoms with Crippen molar-refractivity contribution in [3.8, 4) is 0 Å². The maximum atomic E-state index is 12.2. The maximum Gasteiger partial charge on any atom is 0.258 e. The Morgan fingerprint density at radius 3 is 2.75 bits per heavy atom. The highest BCUT2D eigenvalue weighted by Gasteiger charge is 2.14. The lowest BCUT2D eigenvalue weighted by Gasteiger charge is -2.09. The van der Waals surface area contributed by atoms with Crippen LogP contribution < -0.4 is 5.56 Å². The Bertz CT molecular complexity index is 1100. The van der Waals surface area contributed by atoms with Gasteiger partial charge in [-0.2, -0.15) is 0 Å². The van der Waals surface area contributed by atoms with Gasteiger partial charge in [-0.15, -0.1) is 0 Å². The number of imidazole rings is 1. The summed E-state index contributed by atoms with van der Waals surface area (Å²) in [6.07, 6.45) is 0. The van der Waals surface area contributed by atoms with Gasteiger partial charge in [-0.3, -0.25) is 4.79 Å². The summed E-state index contributed by atoms with van der Waals surface area (Å²) in [4.78, 5) is 27.6. The number of aromatic nitrogens is 4. The lowest BCUT2D eigenvalue weighted by molar-refractivity contribution is 0.914. The van der Waals surface area contributed by atoms with Gasteiger partial charge in [-0.25, -0.2) is 9.97 Å². The predicted octanol–water partition coefficient (Wildman–Crippen LogP) is 3.96. The molecule has 2 heterocycles. The molecule has 5 nitrogen and oxygen atoms in total. The van der Waals surface area contributed by atoms with Gasteiger partial charge in [0.2, 0.25) is 0 Å². The first-order valence-electron chi connectivity index (χ1n) is 7.72. The molecular weight excluding hydrogens is 320 g/mol. The number of rotatable bonds is 3. The summed E-state index contributed by atoms with van der Waals surface area (Å²) in [5.74, 6) is 0.653. The van der Waals surface area contributed by atoms with Crippen LogP contribution in [-0.2, 0) is 0 Å². The molecule has 0 aliphatic heterocycles. The number of nitrogens with zero attached hydrogens (tertiary/aromatic N) is 2. The van der Waals surface area contributed by atoms with Crippen molar-refractivity contribution in [1.29, 1.82) is 0 Å². The number of benzene rings is 2. The number of nitrogens with one attached hydrogen (secondary N) is 2. The van der Waals surface area contributed by atoms with Crippen LogP contribution in [-0.4, -0.2) is 19.9 Å². The molecule has 0 amide bonds. The third-order valence-corrected chi connectivity index (χ3v) is 4.91. The second-order valence-corrected chi connectivity index (χ2v) is 7.12. The molecule has 2 aromatic carbocycles. The molecule has 0 radical (unpaired) electrons. The van der Waals surface area contributed by atoms with E-state index in [1.807, 2.05) is 37.3 Å². The maximum absolute atomic E-state index is 12.2. The summed E-state index contributed by atoms with van der Waals surface area (Å²) in [5, 5.41) is 1.40. The molecule has 0 spiro atoms. The fourth-order valence-electron chi connectivity index (χ4n) is 2.68. The second-order valence-electron chi connectivity index (χ2n) is 5.79. The van der Waals surface area contributed by atoms with Gasteiger partial charge in [0.05, 0.1) is 27.2 Å². The van der Waals surface area contributed by atoms with Crippen LogP contribution in [0.2, 0.25) is 0 Å². The number of aromatic amines is 2.